The fourth-order valence-electron chi connectivity index (χ4n) is 4.12. The van der Waals surface area contributed by atoms with Crippen LogP contribution in [0.3, 0.4) is 0 Å². The normalized spacial score (nSPS) is 21.5. The second-order valence-corrected chi connectivity index (χ2v) is 6.64. The molecule has 0 aromatic heterocycles. The highest BCUT2D eigenvalue weighted by atomic mass is 16.5. The molecule has 0 spiro atoms. The van der Waals surface area contributed by atoms with Crippen LogP contribution in [0.2, 0.25) is 0 Å². The summed E-state index contributed by atoms with van der Waals surface area (Å²) in [4.78, 5) is 24.1. The Balaban J connectivity index is 2.02. The highest BCUT2D eigenvalue weighted by Crippen LogP contribution is 2.41. The summed E-state index contributed by atoms with van der Waals surface area (Å²) < 4.78 is 4.91. The monoisotopic (exact) mass is 300 g/mol. The lowest BCUT2D eigenvalue weighted by molar-refractivity contribution is -0.142. The van der Waals surface area contributed by atoms with Gasteiger partial charge in [0.25, 0.3) is 0 Å². The van der Waals surface area contributed by atoms with Gasteiger partial charge in [-0.2, -0.15) is 0 Å². The van der Waals surface area contributed by atoms with E-state index >= 15 is 0 Å². The molecule has 3 heteroatoms. The zero-order chi connectivity index (χ0) is 15.7. The molecule has 118 valence electrons. The number of hydrogen-bond donors (Lipinski definition) is 0. The van der Waals surface area contributed by atoms with Gasteiger partial charge >= 0.3 is 5.97 Å². The highest BCUT2D eigenvalue weighted by Gasteiger charge is 2.32. The van der Waals surface area contributed by atoms with E-state index in [1.807, 2.05) is 6.07 Å². The molecule has 2 aliphatic carbocycles. The van der Waals surface area contributed by atoms with Gasteiger partial charge in [-0.3, -0.25) is 9.59 Å². The van der Waals surface area contributed by atoms with Crippen molar-refractivity contribution in [3.63, 3.8) is 0 Å². The minimum atomic E-state index is -0.196. The van der Waals surface area contributed by atoms with E-state index in [9.17, 15) is 9.59 Å². The van der Waals surface area contributed by atoms with Crippen molar-refractivity contribution in [2.24, 2.45) is 0 Å². The lowest BCUT2D eigenvalue weighted by Gasteiger charge is -2.25. The van der Waals surface area contributed by atoms with E-state index in [2.05, 4.69) is 6.07 Å². The second kappa shape index (κ2) is 6.23. The zero-order valence-corrected chi connectivity index (χ0v) is 13.5. The summed E-state index contributed by atoms with van der Waals surface area (Å²) in [6, 6.07) is 4.20. The number of aryl methyl sites for hydroxylation is 1. The van der Waals surface area contributed by atoms with E-state index in [-0.39, 0.29) is 17.7 Å². The molecule has 0 heterocycles. The molecule has 0 radical (unpaired) electrons. The second-order valence-electron chi connectivity index (χ2n) is 6.64. The van der Waals surface area contributed by atoms with E-state index in [4.69, 9.17) is 4.74 Å². The quantitative estimate of drug-likeness (QED) is 0.622. The van der Waals surface area contributed by atoms with E-state index < -0.39 is 0 Å². The minimum Gasteiger partial charge on any atom is -0.469 e. The Hall–Kier alpha value is -1.64. The Bertz CT molecular complexity index is 597. The number of ketones is 1. The third-order valence-electron chi connectivity index (χ3n) is 5.30. The topological polar surface area (TPSA) is 43.4 Å². The van der Waals surface area contributed by atoms with Crippen LogP contribution in [0.15, 0.2) is 12.1 Å². The van der Waals surface area contributed by atoms with Crippen molar-refractivity contribution in [2.45, 2.75) is 63.7 Å². The standard InChI is InChI=1S/C19H24O3/c1-12(20)16-11-18-14(8-9-15(18)19(21)22-2)10-17(16)13-6-4-3-5-7-13/h10-11,13,15H,3-9H2,1-2H3/t15-/m1/s1. The molecule has 0 aliphatic heterocycles. The summed E-state index contributed by atoms with van der Waals surface area (Å²) in [6.07, 6.45) is 7.88. The van der Waals surface area contributed by atoms with Crippen molar-refractivity contribution in [1.29, 1.82) is 0 Å². The molecule has 1 fully saturated rings. The summed E-state index contributed by atoms with van der Waals surface area (Å²) in [5.41, 5.74) is 4.29. The number of carbonyl (C=O) groups is 2. The fraction of sp³-hybridized carbons (Fsp3) is 0.579. The summed E-state index contributed by atoms with van der Waals surface area (Å²) in [6.45, 7) is 1.64. The molecule has 1 saturated carbocycles. The van der Waals surface area contributed by atoms with Gasteiger partial charge < -0.3 is 4.74 Å². The Morgan fingerprint density at radius 3 is 2.41 bits per heavy atom. The van der Waals surface area contributed by atoms with E-state index in [0.29, 0.717) is 5.92 Å². The first-order chi connectivity index (χ1) is 10.6. The third kappa shape index (κ3) is 2.69. The van der Waals surface area contributed by atoms with Crippen LogP contribution >= 0.6 is 0 Å². The minimum absolute atomic E-state index is 0.110. The SMILES string of the molecule is COC(=O)[C@@H]1CCc2cc(C3CCCCC3)c(C(C)=O)cc21. The fourth-order valence-corrected chi connectivity index (χ4v) is 4.12. The number of carbonyl (C=O) groups excluding carboxylic acids is 2. The number of hydrogen-bond acceptors (Lipinski definition) is 3. The molecule has 1 aromatic rings. The van der Waals surface area contributed by atoms with Gasteiger partial charge in [0.2, 0.25) is 0 Å². The Morgan fingerprint density at radius 2 is 1.77 bits per heavy atom. The molecule has 1 aromatic carbocycles. The Kier molecular flexibility index (Phi) is 4.32. The lowest BCUT2D eigenvalue weighted by atomic mass is 9.80. The molecule has 3 rings (SSSR count). The predicted octanol–water partition coefficient (Wildman–Crippen LogP) is 4.14. The number of fused-ring (bicyclic) bond motifs is 1. The molecular weight excluding hydrogens is 276 g/mol. The van der Waals surface area contributed by atoms with Crippen LogP contribution in [0.1, 0.15) is 84.3 Å². The average Bonchev–Trinajstić information content (AvgIpc) is 2.96. The van der Waals surface area contributed by atoms with Gasteiger partial charge in [-0.1, -0.05) is 25.3 Å². The van der Waals surface area contributed by atoms with Gasteiger partial charge in [0.15, 0.2) is 5.78 Å². The summed E-state index contributed by atoms with van der Waals surface area (Å²) in [5, 5.41) is 0. The van der Waals surface area contributed by atoms with Gasteiger partial charge in [-0.25, -0.2) is 0 Å². The van der Waals surface area contributed by atoms with Crippen LogP contribution in [-0.2, 0) is 16.0 Å². The number of ether oxygens (including phenoxy) is 1. The molecular formula is C19H24O3. The third-order valence-corrected chi connectivity index (χ3v) is 5.30. The van der Waals surface area contributed by atoms with Crippen LogP contribution < -0.4 is 0 Å². The van der Waals surface area contributed by atoms with E-state index in [1.54, 1.807) is 6.92 Å². The summed E-state index contributed by atoms with van der Waals surface area (Å²) >= 11 is 0. The van der Waals surface area contributed by atoms with Gasteiger partial charge in [0, 0.05) is 5.56 Å². The number of Topliss-reactive ketones (excluding diaryl/α,β-unsaturated/α-hetero) is 1. The maximum absolute atomic E-state index is 12.1. The maximum atomic E-state index is 12.1. The first-order valence-electron chi connectivity index (χ1n) is 8.37. The smallest absolute Gasteiger partial charge is 0.313 e. The highest BCUT2D eigenvalue weighted by molar-refractivity contribution is 5.96. The van der Waals surface area contributed by atoms with Crippen LogP contribution in [0.25, 0.3) is 0 Å². The van der Waals surface area contributed by atoms with Crippen molar-refractivity contribution in [2.75, 3.05) is 7.11 Å². The first kappa shape index (κ1) is 15.3. The van der Waals surface area contributed by atoms with Crippen LogP contribution in [-0.4, -0.2) is 18.9 Å². The molecule has 0 saturated heterocycles. The number of esters is 1. The summed E-state index contributed by atoms with van der Waals surface area (Å²) in [7, 11) is 1.43. The van der Waals surface area contributed by atoms with Gasteiger partial charge in [-0.15, -0.1) is 0 Å². The Morgan fingerprint density at radius 1 is 1.05 bits per heavy atom. The largest absolute Gasteiger partial charge is 0.469 e. The van der Waals surface area contributed by atoms with Gasteiger partial charge in [0.1, 0.15) is 0 Å². The zero-order valence-electron chi connectivity index (χ0n) is 13.5. The number of benzene rings is 1. The van der Waals surface area contributed by atoms with Crippen molar-refractivity contribution in [3.05, 3.63) is 34.4 Å². The number of methoxy groups -OCH3 is 1. The van der Waals surface area contributed by atoms with Crippen molar-refractivity contribution in [3.8, 4) is 0 Å². The van der Waals surface area contributed by atoms with Crippen LogP contribution in [0, 0.1) is 0 Å². The van der Waals surface area contributed by atoms with Gasteiger partial charge in [0.05, 0.1) is 13.0 Å². The maximum Gasteiger partial charge on any atom is 0.313 e. The van der Waals surface area contributed by atoms with Crippen LogP contribution in [0.5, 0.6) is 0 Å². The molecule has 2 aliphatic rings. The first-order valence-corrected chi connectivity index (χ1v) is 8.37. The van der Waals surface area contributed by atoms with Crippen molar-refractivity contribution in [1.82, 2.24) is 0 Å². The van der Waals surface area contributed by atoms with E-state index in [1.165, 1.54) is 50.3 Å². The lowest BCUT2D eigenvalue weighted by Crippen LogP contribution is -2.14. The molecule has 22 heavy (non-hydrogen) atoms. The molecule has 1 atom stereocenters. The molecule has 3 nitrogen and oxygen atoms in total. The van der Waals surface area contributed by atoms with Crippen molar-refractivity contribution >= 4 is 11.8 Å². The Labute approximate surface area is 132 Å². The molecule has 0 N–H and O–H groups in total. The average molecular weight is 300 g/mol. The van der Waals surface area contributed by atoms with E-state index in [0.717, 1.165) is 24.0 Å². The molecule has 0 bridgehead atoms. The van der Waals surface area contributed by atoms with Crippen LogP contribution in [0.4, 0.5) is 0 Å². The number of rotatable bonds is 3. The van der Waals surface area contributed by atoms with Gasteiger partial charge in [-0.05, 0) is 61.3 Å². The predicted molar refractivity (Wildman–Crippen MR) is 85.4 cm³/mol. The molecule has 0 unspecified atom stereocenters. The summed E-state index contributed by atoms with van der Waals surface area (Å²) in [5.74, 6) is 0.242. The molecule has 0 amide bonds. The van der Waals surface area contributed by atoms with Crippen molar-refractivity contribution < 1.29 is 14.3 Å².